The van der Waals surface area contributed by atoms with Gasteiger partial charge in [0.2, 0.25) is 0 Å². The zero-order valence-electron chi connectivity index (χ0n) is 9.67. The molecule has 7 heteroatoms. The molecule has 0 radical (unpaired) electrons. The number of aliphatic hydroxyl groups is 1. The molecule has 5 nitrogen and oxygen atoms in total. The first-order valence-electron chi connectivity index (χ1n) is 4.86. The molecular formula is C8H20O5P2. The monoisotopic (exact) mass is 258 g/mol. The Kier molecular flexibility index (Phi) is 6.31. The van der Waals surface area contributed by atoms with E-state index in [0.717, 1.165) is 0 Å². The van der Waals surface area contributed by atoms with Crippen molar-refractivity contribution >= 4 is 14.7 Å². The second-order valence-corrected chi connectivity index (χ2v) is 9.59. The van der Waals surface area contributed by atoms with Crippen molar-refractivity contribution in [3.63, 3.8) is 0 Å². The highest BCUT2D eigenvalue weighted by atomic mass is 31.2. The van der Waals surface area contributed by atoms with E-state index in [9.17, 15) is 9.13 Å². The third-order valence-electron chi connectivity index (χ3n) is 1.86. The minimum Gasteiger partial charge on any atom is -0.395 e. The maximum Gasteiger partial charge on any atom is 0.343 e. The maximum atomic E-state index is 12.2. The van der Waals surface area contributed by atoms with Gasteiger partial charge in [0.05, 0.1) is 27.0 Å². The average Bonchev–Trinajstić information content (AvgIpc) is 2.02. The van der Waals surface area contributed by atoms with Gasteiger partial charge in [-0.25, -0.2) is 0 Å². The highest BCUT2D eigenvalue weighted by Gasteiger charge is 2.42. The molecule has 0 heterocycles. The Balaban J connectivity index is 5.03. The summed E-state index contributed by atoms with van der Waals surface area (Å²) in [5, 5.41) is 8.22. The predicted molar refractivity (Wildman–Crippen MR) is 61.2 cm³/mol. The van der Waals surface area contributed by atoms with E-state index in [1.54, 1.807) is 13.8 Å². The lowest BCUT2D eigenvalue weighted by atomic mass is 10.9. The van der Waals surface area contributed by atoms with Crippen LogP contribution in [-0.2, 0) is 18.2 Å². The number of aliphatic hydroxyl groups excluding tert-OH is 1. The van der Waals surface area contributed by atoms with Crippen LogP contribution in [0.3, 0.4) is 0 Å². The molecule has 0 aliphatic rings. The SMILES string of the molecule is CCOP(=O)(OCC)C(CO)P(C)(C)=O. The zero-order valence-corrected chi connectivity index (χ0v) is 11.5. The number of hydrogen-bond donors (Lipinski definition) is 1. The lowest BCUT2D eigenvalue weighted by Crippen LogP contribution is -2.17. The van der Waals surface area contributed by atoms with E-state index in [0.29, 0.717) is 0 Å². The lowest BCUT2D eigenvalue weighted by Gasteiger charge is -2.27. The third-order valence-corrected chi connectivity index (χ3v) is 8.11. The van der Waals surface area contributed by atoms with Crippen molar-refractivity contribution in [1.29, 1.82) is 0 Å². The first-order valence-corrected chi connectivity index (χ1v) is 9.14. The molecule has 0 spiro atoms. The van der Waals surface area contributed by atoms with Gasteiger partial charge in [0.25, 0.3) is 0 Å². The molecular weight excluding hydrogens is 238 g/mol. The van der Waals surface area contributed by atoms with Crippen molar-refractivity contribution in [2.24, 2.45) is 0 Å². The van der Waals surface area contributed by atoms with Gasteiger partial charge in [-0.15, -0.1) is 0 Å². The first-order chi connectivity index (χ1) is 6.81. The van der Waals surface area contributed by atoms with Crippen LogP contribution in [0.2, 0.25) is 0 Å². The normalized spacial score (nSPS) is 15.3. The molecule has 1 unspecified atom stereocenters. The fourth-order valence-corrected chi connectivity index (χ4v) is 6.06. The van der Waals surface area contributed by atoms with Crippen LogP contribution in [0.15, 0.2) is 0 Å². The van der Waals surface area contributed by atoms with E-state index < -0.39 is 26.7 Å². The molecule has 0 rings (SSSR count). The van der Waals surface area contributed by atoms with Gasteiger partial charge in [-0.1, -0.05) is 0 Å². The zero-order chi connectivity index (χ0) is 12.1. The van der Waals surface area contributed by atoms with Crippen LogP contribution in [0, 0.1) is 0 Å². The average molecular weight is 258 g/mol. The van der Waals surface area contributed by atoms with Crippen molar-refractivity contribution in [2.75, 3.05) is 33.2 Å². The van der Waals surface area contributed by atoms with Crippen LogP contribution in [-0.4, -0.2) is 43.7 Å². The Hall–Kier alpha value is 0.340. The summed E-state index contributed by atoms with van der Waals surface area (Å²) in [4.78, 5) is 0. The molecule has 0 saturated heterocycles. The molecule has 0 saturated carbocycles. The van der Waals surface area contributed by atoms with E-state index in [4.69, 9.17) is 14.2 Å². The summed E-state index contributed by atoms with van der Waals surface area (Å²) in [5.41, 5.74) is 0. The summed E-state index contributed by atoms with van der Waals surface area (Å²) in [7, 11) is -6.18. The summed E-state index contributed by atoms with van der Waals surface area (Å²) in [6.07, 6.45) is 0. The van der Waals surface area contributed by atoms with Crippen LogP contribution in [0.25, 0.3) is 0 Å². The molecule has 0 aliphatic heterocycles. The lowest BCUT2D eigenvalue weighted by molar-refractivity contribution is 0.205. The molecule has 0 bridgehead atoms. The quantitative estimate of drug-likeness (QED) is 0.708. The van der Waals surface area contributed by atoms with Gasteiger partial charge >= 0.3 is 7.60 Å². The first kappa shape index (κ1) is 15.3. The summed E-state index contributed by atoms with van der Waals surface area (Å²) in [5.74, 6) is 0. The largest absolute Gasteiger partial charge is 0.395 e. The minimum absolute atomic E-state index is 0.202. The van der Waals surface area contributed by atoms with Gasteiger partial charge in [0.15, 0.2) is 0 Å². The van der Waals surface area contributed by atoms with Crippen LogP contribution in [0.5, 0.6) is 0 Å². The second-order valence-electron chi connectivity index (χ2n) is 3.47. The molecule has 0 fully saturated rings. The maximum absolute atomic E-state index is 12.2. The van der Waals surface area contributed by atoms with Crippen LogP contribution < -0.4 is 0 Å². The molecule has 0 aromatic rings. The molecule has 0 aliphatic carbocycles. The minimum atomic E-state index is -3.46. The molecule has 92 valence electrons. The second kappa shape index (κ2) is 6.17. The summed E-state index contributed by atoms with van der Waals surface area (Å²) >= 11 is 0. The van der Waals surface area contributed by atoms with Crippen molar-refractivity contribution in [1.82, 2.24) is 0 Å². The summed E-state index contributed by atoms with van der Waals surface area (Å²) in [6, 6.07) is 0. The standard InChI is InChI=1S/C8H20O5P2/c1-5-12-15(11,13-6-2)8(7-9)14(3,4)10/h8-9H,5-7H2,1-4H3. The van der Waals surface area contributed by atoms with Crippen molar-refractivity contribution in [3.8, 4) is 0 Å². The van der Waals surface area contributed by atoms with Gasteiger partial charge in [0.1, 0.15) is 5.40 Å². The van der Waals surface area contributed by atoms with E-state index >= 15 is 0 Å². The summed E-state index contributed by atoms with van der Waals surface area (Å²) in [6.45, 7) is 6.24. The fourth-order valence-electron chi connectivity index (χ4n) is 1.21. The van der Waals surface area contributed by atoms with Gasteiger partial charge in [0, 0.05) is 0 Å². The van der Waals surface area contributed by atoms with Gasteiger partial charge in [-0.3, -0.25) is 4.57 Å². The highest BCUT2D eigenvalue weighted by Crippen LogP contribution is 2.65. The van der Waals surface area contributed by atoms with Crippen LogP contribution >= 0.6 is 14.7 Å². The Bertz CT molecular complexity index is 262. The predicted octanol–water partition coefficient (Wildman–Crippen LogP) is 2.19. The highest BCUT2D eigenvalue weighted by molar-refractivity contribution is 7.77. The summed E-state index contributed by atoms with van der Waals surface area (Å²) < 4.78 is 34.2. The molecule has 0 aromatic carbocycles. The van der Waals surface area contributed by atoms with Crippen molar-refractivity contribution < 1.29 is 23.3 Å². The molecule has 1 N–H and O–H groups in total. The van der Waals surface area contributed by atoms with E-state index in [1.807, 2.05) is 0 Å². The fraction of sp³-hybridized carbons (Fsp3) is 1.00. The third kappa shape index (κ3) is 4.38. The van der Waals surface area contributed by atoms with E-state index in [1.165, 1.54) is 13.3 Å². The Morgan fingerprint density at radius 2 is 1.53 bits per heavy atom. The van der Waals surface area contributed by atoms with Crippen LogP contribution in [0.1, 0.15) is 13.8 Å². The topological polar surface area (TPSA) is 72.8 Å². The van der Waals surface area contributed by atoms with Gasteiger partial charge in [-0.05, 0) is 27.2 Å². The van der Waals surface area contributed by atoms with Gasteiger partial charge < -0.3 is 18.7 Å². The molecule has 0 aromatic heterocycles. The molecule has 15 heavy (non-hydrogen) atoms. The van der Waals surface area contributed by atoms with Crippen molar-refractivity contribution in [3.05, 3.63) is 0 Å². The molecule has 1 atom stereocenters. The Morgan fingerprint density at radius 1 is 1.13 bits per heavy atom. The van der Waals surface area contributed by atoms with Gasteiger partial charge in [-0.2, -0.15) is 0 Å². The number of rotatable bonds is 7. The van der Waals surface area contributed by atoms with E-state index in [2.05, 4.69) is 0 Å². The Labute approximate surface area is 91.1 Å². The molecule has 0 amide bonds. The van der Waals surface area contributed by atoms with Crippen molar-refractivity contribution in [2.45, 2.75) is 19.2 Å². The smallest absolute Gasteiger partial charge is 0.343 e. The van der Waals surface area contributed by atoms with E-state index in [-0.39, 0.29) is 13.2 Å². The number of hydrogen-bond acceptors (Lipinski definition) is 5. The van der Waals surface area contributed by atoms with Crippen LogP contribution in [0.4, 0.5) is 0 Å². The Morgan fingerprint density at radius 3 is 1.73 bits per heavy atom.